The van der Waals surface area contributed by atoms with Crippen LogP contribution in [0.15, 0.2) is 18.2 Å². The normalized spacial score (nSPS) is 18.6. The van der Waals surface area contributed by atoms with Crippen LogP contribution in [-0.2, 0) is 16.6 Å². The first-order valence-electron chi connectivity index (χ1n) is 7.83. The summed E-state index contributed by atoms with van der Waals surface area (Å²) in [6.07, 6.45) is 5.11. The molecular formula is C17H27NO2S. The molecule has 1 N–H and O–H groups in total. The van der Waals surface area contributed by atoms with Gasteiger partial charge in [0, 0.05) is 28.2 Å². The van der Waals surface area contributed by atoms with Crippen LogP contribution < -0.4 is 10.1 Å². The molecule has 1 saturated carbocycles. The molecule has 2 rings (SSSR count). The van der Waals surface area contributed by atoms with Crippen molar-refractivity contribution < 1.29 is 8.95 Å². The Bertz CT molecular complexity index is 484. The van der Waals surface area contributed by atoms with Crippen LogP contribution in [0.3, 0.4) is 0 Å². The Morgan fingerprint density at radius 2 is 2.10 bits per heavy atom. The van der Waals surface area contributed by atoms with Crippen LogP contribution in [0.1, 0.15) is 49.8 Å². The molecule has 3 nitrogen and oxygen atoms in total. The number of rotatable bonds is 7. The van der Waals surface area contributed by atoms with Gasteiger partial charge in [-0.15, -0.1) is 0 Å². The zero-order valence-electron chi connectivity index (χ0n) is 13.4. The molecule has 0 amide bonds. The number of hydrogen-bond acceptors (Lipinski definition) is 3. The minimum Gasteiger partial charge on any atom is -0.496 e. The summed E-state index contributed by atoms with van der Waals surface area (Å²) >= 11 is 0. The molecule has 1 aromatic carbocycles. The summed E-state index contributed by atoms with van der Waals surface area (Å²) in [7, 11) is 2.84. The Kier molecular flexibility index (Phi) is 6.24. The largest absolute Gasteiger partial charge is 0.496 e. The van der Waals surface area contributed by atoms with E-state index in [-0.39, 0.29) is 6.04 Å². The second-order valence-corrected chi connectivity index (χ2v) is 7.48. The zero-order chi connectivity index (χ0) is 15.2. The lowest BCUT2D eigenvalue weighted by Gasteiger charge is -2.15. The van der Waals surface area contributed by atoms with Crippen LogP contribution in [0.25, 0.3) is 0 Å². The van der Waals surface area contributed by atoms with Crippen LogP contribution >= 0.6 is 0 Å². The summed E-state index contributed by atoms with van der Waals surface area (Å²) < 4.78 is 17.9. The van der Waals surface area contributed by atoms with Gasteiger partial charge >= 0.3 is 0 Å². The van der Waals surface area contributed by atoms with E-state index < -0.39 is 10.8 Å². The van der Waals surface area contributed by atoms with Crippen LogP contribution in [0.2, 0.25) is 0 Å². The van der Waals surface area contributed by atoms with Gasteiger partial charge in [0.15, 0.2) is 0 Å². The van der Waals surface area contributed by atoms with Crippen LogP contribution in [0.5, 0.6) is 5.75 Å². The molecule has 1 aromatic rings. The summed E-state index contributed by atoms with van der Waals surface area (Å²) in [4.78, 5) is 0. The monoisotopic (exact) mass is 309 g/mol. The van der Waals surface area contributed by atoms with Crippen molar-refractivity contribution in [2.24, 2.45) is 5.92 Å². The third kappa shape index (κ3) is 4.55. The van der Waals surface area contributed by atoms with Crippen molar-refractivity contribution in [2.75, 3.05) is 19.9 Å². The highest BCUT2D eigenvalue weighted by atomic mass is 32.2. The second kappa shape index (κ2) is 7.95. The Morgan fingerprint density at radius 1 is 1.38 bits per heavy atom. The van der Waals surface area contributed by atoms with Gasteiger partial charge < -0.3 is 10.1 Å². The third-order valence-corrected chi connectivity index (χ3v) is 5.93. The highest BCUT2D eigenvalue weighted by molar-refractivity contribution is 7.84. The summed E-state index contributed by atoms with van der Waals surface area (Å²) in [5.41, 5.74) is 2.28. The third-order valence-electron chi connectivity index (χ3n) is 4.45. The molecule has 118 valence electrons. The molecule has 2 atom stereocenters. The highest BCUT2D eigenvalue weighted by Gasteiger charge is 2.19. The van der Waals surface area contributed by atoms with Crippen LogP contribution in [-0.4, -0.2) is 24.1 Å². The Morgan fingerprint density at radius 3 is 2.71 bits per heavy atom. The van der Waals surface area contributed by atoms with Gasteiger partial charge in [0.2, 0.25) is 0 Å². The van der Waals surface area contributed by atoms with E-state index in [1.54, 1.807) is 7.11 Å². The molecule has 0 aromatic heterocycles. The van der Waals surface area contributed by atoms with Gasteiger partial charge in [-0.1, -0.05) is 18.9 Å². The molecule has 1 aliphatic carbocycles. The Balaban J connectivity index is 2.07. The van der Waals surface area contributed by atoms with Crippen molar-refractivity contribution in [1.82, 2.24) is 5.32 Å². The minimum atomic E-state index is -0.797. The van der Waals surface area contributed by atoms with Gasteiger partial charge in [-0.05, 0) is 50.4 Å². The fraction of sp³-hybridized carbons (Fsp3) is 0.647. The van der Waals surface area contributed by atoms with E-state index in [2.05, 4.69) is 24.4 Å². The van der Waals surface area contributed by atoms with Crippen molar-refractivity contribution in [1.29, 1.82) is 0 Å². The molecule has 0 heterocycles. The Hall–Kier alpha value is -0.870. The highest BCUT2D eigenvalue weighted by Crippen LogP contribution is 2.28. The lowest BCUT2D eigenvalue weighted by molar-refractivity contribution is 0.410. The molecule has 0 aliphatic heterocycles. The summed E-state index contributed by atoms with van der Waals surface area (Å²) in [5.74, 6) is 2.96. The molecule has 2 unspecified atom stereocenters. The van der Waals surface area contributed by atoms with Gasteiger partial charge in [0.25, 0.3) is 0 Å². The van der Waals surface area contributed by atoms with Gasteiger partial charge in [-0.25, -0.2) is 0 Å². The lowest BCUT2D eigenvalue weighted by atomic mass is 10.1. The minimum absolute atomic E-state index is 0.290. The van der Waals surface area contributed by atoms with Crippen molar-refractivity contribution in [3.05, 3.63) is 29.3 Å². The van der Waals surface area contributed by atoms with Crippen LogP contribution in [0.4, 0.5) is 0 Å². The lowest BCUT2D eigenvalue weighted by Crippen LogP contribution is -2.14. The maximum absolute atomic E-state index is 12.4. The van der Waals surface area contributed by atoms with E-state index >= 15 is 0 Å². The first kappa shape index (κ1) is 16.5. The maximum Gasteiger partial charge on any atom is 0.123 e. The van der Waals surface area contributed by atoms with E-state index in [0.717, 1.165) is 17.1 Å². The van der Waals surface area contributed by atoms with E-state index in [4.69, 9.17) is 4.74 Å². The molecular weight excluding hydrogens is 282 g/mol. The molecule has 1 fully saturated rings. The summed E-state index contributed by atoms with van der Waals surface area (Å²) in [6.45, 7) is 2.13. The molecule has 0 saturated heterocycles. The summed E-state index contributed by atoms with van der Waals surface area (Å²) in [6, 6.07) is 6.49. The van der Waals surface area contributed by atoms with Gasteiger partial charge in [-0.2, -0.15) is 0 Å². The van der Waals surface area contributed by atoms with E-state index in [9.17, 15) is 4.21 Å². The zero-order valence-corrected chi connectivity index (χ0v) is 14.2. The number of hydrogen-bond donors (Lipinski definition) is 1. The first-order valence-corrected chi connectivity index (χ1v) is 9.32. The standard InChI is InChI=1S/C17H27NO2S/c1-13(18-2)15-8-9-17(20-3)16(10-15)12-21(19)11-14-6-4-5-7-14/h8-10,13-14,18H,4-7,11-12H2,1-3H3. The van der Waals surface area contributed by atoms with E-state index in [1.807, 2.05) is 13.1 Å². The van der Waals surface area contributed by atoms with E-state index in [0.29, 0.717) is 11.7 Å². The average Bonchev–Trinajstić information content (AvgIpc) is 2.99. The molecule has 0 bridgehead atoms. The number of ether oxygens (including phenoxy) is 1. The molecule has 1 aliphatic rings. The van der Waals surface area contributed by atoms with Crippen LogP contribution in [0, 0.1) is 5.92 Å². The Labute approximate surface area is 130 Å². The van der Waals surface area contributed by atoms with Crippen molar-refractivity contribution in [3.8, 4) is 5.75 Å². The van der Waals surface area contributed by atoms with Crippen molar-refractivity contribution in [3.63, 3.8) is 0 Å². The number of nitrogens with one attached hydrogen (secondary N) is 1. The molecule has 21 heavy (non-hydrogen) atoms. The fourth-order valence-corrected chi connectivity index (χ4v) is 4.57. The van der Waals surface area contributed by atoms with Gasteiger partial charge in [0.05, 0.1) is 12.9 Å². The van der Waals surface area contributed by atoms with Crippen molar-refractivity contribution >= 4 is 10.8 Å². The SMILES string of the molecule is CNC(C)c1ccc(OC)c(CS(=O)CC2CCCC2)c1. The maximum atomic E-state index is 12.4. The average molecular weight is 309 g/mol. The predicted octanol–water partition coefficient (Wildman–Crippen LogP) is 3.41. The molecule has 0 spiro atoms. The quantitative estimate of drug-likeness (QED) is 0.839. The van der Waals surface area contributed by atoms with Gasteiger partial charge in [-0.3, -0.25) is 4.21 Å². The van der Waals surface area contributed by atoms with E-state index in [1.165, 1.54) is 31.2 Å². The number of methoxy groups -OCH3 is 1. The number of benzene rings is 1. The fourth-order valence-electron chi connectivity index (χ4n) is 3.02. The predicted molar refractivity (Wildman–Crippen MR) is 89.1 cm³/mol. The van der Waals surface area contributed by atoms with Gasteiger partial charge in [0.1, 0.15) is 5.75 Å². The summed E-state index contributed by atoms with van der Waals surface area (Å²) in [5, 5.41) is 3.24. The smallest absolute Gasteiger partial charge is 0.123 e. The molecule has 0 radical (unpaired) electrons. The first-order chi connectivity index (χ1) is 10.1. The molecule has 4 heteroatoms. The van der Waals surface area contributed by atoms with Crippen molar-refractivity contribution in [2.45, 2.75) is 44.4 Å². The topological polar surface area (TPSA) is 38.3 Å². The second-order valence-electron chi connectivity index (χ2n) is 5.98.